The van der Waals surface area contributed by atoms with Crippen LogP contribution in [0.2, 0.25) is 0 Å². The molecule has 2 unspecified atom stereocenters. The van der Waals surface area contributed by atoms with Gasteiger partial charge in [0.25, 0.3) is 0 Å². The molecule has 0 amide bonds. The molecule has 2 N–H and O–H groups in total. The van der Waals surface area contributed by atoms with Gasteiger partial charge in [-0.1, -0.05) is 50.3 Å². The molecule has 0 radical (unpaired) electrons. The second-order valence-corrected chi connectivity index (χ2v) is 10.6. The first-order valence-electron chi connectivity index (χ1n) is 10.5. The van der Waals surface area contributed by atoms with Crippen LogP contribution in [-0.4, -0.2) is 10.2 Å². The second kappa shape index (κ2) is 8.15. The molecule has 1 heterocycles. The van der Waals surface area contributed by atoms with E-state index in [2.05, 4.69) is 31.0 Å². The summed E-state index contributed by atoms with van der Waals surface area (Å²) >= 11 is 1.46. The summed E-state index contributed by atoms with van der Waals surface area (Å²) in [4.78, 5) is 0. The monoisotopic (exact) mass is 461 g/mol. The normalized spacial score (nSPS) is 23.2. The Balaban J connectivity index is 1.57. The maximum atomic E-state index is 13.0. The van der Waals surface area contributed by atoms with Crippen LogP contribution in [0.4, 0.5) is 13.2 Å². The zero-order chi connectivity index (χ0) is 23.1. The van der Waals surface area contributed by atoms with Crippen molar-refractivity contribution in [1.82, 2.24) is 10.2 Å². The standard InChI is InChI=1S/C24H26F3N3OS/c1-15-12-22(2,3)14-23(28,13-15)21-30-29-20(32-21)16-6-4-8-18(10-16)31-19-9-5-7-17(11-19)24(25,26)27/h4-11,15H,12-14,28H2,1-3H3. The summed E-state index contributed by atoms with van der Waals surface area (Å²) in [6.07, 6.45) is -1.58. The van der Waals surface area contributed by atoms with Gasteiger partial charge in [0, 0.05) is 5.56 Å². The van der Waals surface area contributed by atoms with Gasteiger partial charge in [0.15, 0.2) is 0 Å². The molecular formula is C24H26F3N3OS. The van der Waals surface area contributed by atoms with E-state index in [0.717, 1.165) is 42.0 Å². The first-order chi connectivity index (χ1) is 14.9. The topological polar surface area (TPSA) is 61.0 Å². The summed E-state index contributed by atoms with van der Waals surface area (Å²) in [5.41, 5.74) is 6.47. The summed E-state index contributed by atoms with van der Waals surface area (Å²) in [6, 6.07) is 11.9. The summed E-state index contributed by atoms with van der Waals surface area (Å²) in [6.45, 7) is 6.70. The van der Waals surface area contributed by atoms with Crippen molar-refractivity contribution in [3.8, 4) is 22.1 Å². The van der Waals surface area contributed by atoms with Gasteiger partial charge in [0.05, 0.1) is 11.1 Å². The van der Waals surface area contributed by atoms with E-state index in [1.807, 2.05) is 6.07 Å². The average molecular weight is 462 g/mol. The van der Waals surface area contributed by atoms with Gasteiger partial charge in [0.1, 0.15) is 21.5 Å². The molecule has 1 fully saturated rings. The third kappa shape index (κ3) is 4.96. The van der Waals surface area contributed by atoms with Crippen LogP contribution in [0.5, 0.6) is 11.5 Å². The zero-order valence-electron chi connectivity index (χ0n) is 18.2. The molecule has 1 aliphatic rings. The molecule has 0 bridgehead atoms. The van der Waals surface area contributed by atoms with Crippen molar-refractivity contribution in [1.29, 1.82) is 0 Å². The van der Waals surface area contributed by atoms with Crippen LogP contribution in [0.3, 0.4) is 0 Å². The van der Waals surface area contributed by atoms with Gasteiger partial charge in [0.2, 0.25) is 0 Å². The Morgan fingerprint density at radius 2 is 1.72 bits per heavy atom. The molecule has 8 heteroatoms. The van der Waals surface area contributed by atoms with Crippen molar-refractivity contribution in [3.63, 3.8) is 0 Å². The number of halogens is 3. The van der Waals surface area contributed by atoms with Crippen molar-refractivity contribution in [2.45, 2.75) is 51.7 Å². The van der Waals surface area contributed by atoms with E-state index in [1.54, 1.807) is 18.2 Å². The Kier molecular flexibility index (Phi) is 5.79. The van der Waals surface area contributed by atoms with Gasteiger partial charge < -0.3 is 10.5 Å². The highest BCUT2D eigenvalue weighted by atomic mass is 32.1. The lowest BCUT2D eigenvalue weighted by atomic mass is 9.65. The van der Waals surface area contributed by atoms with Crippen LogP contribution in [0.1, 0.15) is 50.6 Å². The number of hydrogen-bond donors (Lipinski definition) is 1. The fourth-order valence-electron chi connectivity index (χ4n) is 4.90. The molecule has 2 aromatic carbocycles. The van der Waals surface area contributed by atoms with Crippen LogP contribution in [0, 0.1) is 11.3 Å². The minimum absolute atomic E-state index is 0.120. The third-order valence-corrected chi connectivity index (χ3v) is 6.93. The minimum atomic E-state index is -4.42. The number of rotatable bonds is 4. The van der Waals surface area contributed by atoms with Gasteiger partial charge in [-0.25, -0.2) is 0 Å². The van der Waals surface area contributed by atoms with Crippen LogP contribution >= 0.6 is 11.3 Å². The van der Waals surface area contributed by atoms with Gasteiger partial charge in [-0.3, -0.25) is 0 Å². The smallest absolute Gasteiger partial charge is 0.416 e. The highest BCUT2D eigenvalue weighted by Crippen LogP contribution is 2.48. The zero-order valence-corrected chi connectivity index (χ0v) is 19.1. The molecule has 3 aromatic rings. The lowest BCUT2D eigenvalue weighted by Gasteiger charge is -2.44. The summed E-state index contributed by atoms with van der Waals surface area (Å²) in [5, 5.41) is 10.3. The van der Waals surface area contributed by atoms with E-state index in [-0.39, 0.29) is 11.2 Å². The Bertz CT molecular complexity index is 1110. The lowest BCUT2D eigenvalue weighted by molar-refractivity contribution is -0.137. The van der Waals surface area contributed by atoms with Crippen molar-refractivity contribution in [3.05, 3.63) is 59.1 Å². The molecule has 170 valence electrons. The molecule has 0 aliphatic heterocycles. The van der Waals surface area contributed by atoms with E-state index < -0.39 is 17.3 Å². The van der Waals surface area contributed by atoms with E-state index in [4.69, 9.17) is 10.5 Å². The molecule has 32 heavy (non-hydrogen) atoms. The van der Waals surface area contributed by atoms with E-state index in [9.17, 15) is 13.2 Å². The predicted octanol–water partition coefficient (Wildman–Crippen LogP) is 7.02. The van der Waals surface area contributed by atoms with Crippen molar-refractivity contribution < 1.29 is 17.9 Å². The number of nitrogens with two attached hydrogens (primary N) is 1. The number of hydrogen-bond acceptors (Lipinski definition) is 5. The second-order valence-electron chi connectivity index (χ2n) is 9.58. The number of alkyl halides is 3. The number of nitrogens with zero attached hydrogens (tertiary/aromatic N) is 2. The first-order valence-corrected chi connectivity index (χ1v) is 11.3. The predicted molar refractivity (Wildman–Crippen MR) is 120 cm³/mol. The molecule has 0 spiro atoms. The molecule has 4 nitrogen and oxygen atoms in total. The average Bonchev–Trinajstić information content (AvgIpc) is 3.17. The van der Waals surface area contributed by atoms with Gasteiger partial charge >= 0.3 is 6.18 Å². The quantitative estimate of drug-likeness (QED) is 0.454. The van der Waals surface area contributed by atoms with E-state index in [1.165, 1.54) is 23.5 Å². The molecule has 0 saturated heterocycles. The van der Waals surface area contributed by atoms with Gasteiger partial charge in [-0.2, -0.15) is 13.2 Å². The highest BCUT2D eigenvalue weighted by Gasteiger charge is 2.43. The molecule has 1 aliphatic carbocycles. The Hall–Kier alpha value is -2.45. The summed E-state index contributed by atoms with van der Waals surface area (Å²) < 4.78 is 44.6. The van der Waals surface area contributed by atoms with Crippen LogP contribution in [0.15, 0.2) is 48.5 Å². The maximum absolute atomic E-state index is 13.0. The summed E-state index contributed by atoms with van der Waals surface area (Å²) in [7, 11) is 0. The van der Waals surface area contributed by atoms with Gasteiger partial charge in [-0.05, 0) is 60.9 Å². The Labute approximate surface area is 189 Å². The molecule has 4 rings (SSSR count). The van der Waals surface area contributed by atoms with Crippen LogP contribution < -0.4 is 10.5 Å². The highest BCUT2D eigenvalue weighted by molar-refractivity contribution is 7.14. The SMILES string of the molecule is CC1CC(C)(C)CC(N)(c2nnc(-c3cccc(Oc4cccc(C(F)(F)F)c4)c3)s2)C1. The fourth-order valence-corrected chi connectivity index (χ4v) is 5.85. The van der Waals surface area contributed by atoms with Crippen molar-refractivity contribution in [2.24, 2.45) is 17.1 Å². The summed E-state index contributed by atoms with van der Waals surface area (Å²) in [5.74, 6) is 1.04. The van der Waals surface area contributed by atoms with E-state index in [0.29, 0.717) is 16.7 Å². The maximum Gasteiger partial charge on any atom is 0.416 e. The van der Waals surface area contributed by atoms with E-state index >= 15 is 0 Å². The fraction of sp³-hybridized carbons (Fsp3) is 0.417. The van der Waals surface area contributed by atoms with Crippen molar-refractivity contribution in [2.75, 3.05) is 0 Å². The number of ether oxygens (including phenoxy) is 1. The molecule has 1 aromatic heterocycles. The van der Waals surface area contributed by atoms with Crippen LogP contribution in [-0.2, 0) is 11.7 Å². The molecule has 1 saturated carbocycles. The minimum Gasteiger partial charge on any atom is -0.457 e. The first kappa shape index (κ1) is 22.7. The number of benzene rings is 2. The molecular weight excluding hydrogens is 435 g/mol. The Morgan fingerprint density at radius 1 is 1.03 bits per heavy atom. The third-order valence-electron chi connectivity index (χ3n) is 5.74. The van der Waals surface area contributed by atoms with Gasteiger partial charge in [-0.15, -0.1) is 10.2 Å². The van der Waals surface area contributed by atoms with Crippen molar-refractivity contribution >= 4 is 11.3 Å². The Morgan fingerprint density at radius 3 is 2.41 bits per heavy atom. The largest absolute Gasteiger partial charge is 0.457 e. The lowest BCUT2D eigenvalue weighted by Crippen LogP contribution is -2.46. The number of aromatic nitrogens is 2. The molecule has 2 atom stereocenters. The van der Waals surface area contributed by atoms with Crippen LogP contribution in [0.25, 0.3) is 10.6 Å².